The highest BCUT2D eigenvalue weighted by Gasteiger charge is 2.42. The van der Waals surface area contributed by atoms with Crippen molar-refractivity contribution in [1.29, 1.82) is 0 Å². The summed E-state index contributed by atoms with van der Waals surface area (Å²) in [6.45, 7) is 5.72. The normalized spacial score (nSPS) is 30.2. The Bertz CT molecular complexity index is 511. The van der Waals surface area contributed by atoms with Crippen molar-refractivity contribution >= 4 is 17.7 Å². The van der Waals surface area contributed by atoms with E-state index in [0.29, 0.717) is 24.8 Å². The van der Waals surface area contributed by atoms with Crippen molar-refractivity contribution in [2.24, 2.45) is 23.7 Å². The molecule has 5 heteroatoms. The highest BCUT2D eigenvalue weighted by molar-refractivity contribution is 5.98. The maximum absolute atomic E-state index is 12.6. The van der Waals surface area contributed by atoms with Crippen LogP contribution >= 0.6 is 0 Å². The first-order valence-corrected chi connectivity index (χ1v) is 8.13. The number of amides is 1. The van der Waals surface area contributed by atoms with Crippen LogP contribution in [0.1, 0.15) is 46.5 Å². The Morgan fingerprint density at radius 3 is 2.68 bits per heavy atom. The Labute approximate surface area is 131 Å². The van der Waals surface area contributed by atoms with Crippen LogP contribution < -0.4 is 5.32 Å². The van der Waals surface area contributed by atoms with Crippen molar-refractivity contribution in [2.75, 3.05) is 0 Å². The molecule has 5 atom stereocenters. The topological polar surface area (TPSA) is 83.5 Å². The number of hydrogen-bond donors (Lipinski definition) is 2. The zero-order chi connectivity index (χ0) is 16.4. The van der Waals surface area contributed by atoms with Gasteiger partial charge in [-0.2, -0.15) is 0 Å². The summed E-state index contributed by atoms with van der Waals surface area (Å²) < 4.78 is 0. The van der Waals surface area contributed by atoms with E-state index in [9.17, 15) is 19.5 Å². The van der Waals surface area contributed by atoms with Gasteiger partial charge in [-0.1, -0.05) is 33.3 Å². The summed E-state index contributed by atoms with van der Waals surface area (Å²) in [5.74, 6) is -1.13. The number of Topliss-reactive ketones (excluding diaryl/α,β-unsaturated/α-hetero) is 1. The van der Waals surface area contributed by atoms with Gasteiger partial charge in [0, 0.05) is 17.9 Å². The van der Waals surface area contributed by atoms with Crippen molar-refractivity contribution in [1.82, 2.24) is 5.32 Å². The molecule has 5 nitrogen and oxygen atoms in total. The van der Waals surface area contributed by atoms with Crippen LogP contribution in [0.4, 0.5) is 0 Å². The second kappa shape index (κ2) is 6.63. The van der Waals surface area contributed by atoms with E-state index in [1.54, 1.807) is 0 Å². The van der Waals surface area contributed by atoms with E-state index in [0.717, 1.165) is 6.42 Å². The van der Waals surface area contributed by atoms with E-state index in [2.05, 4.69) is 5.32 Å². The molecular formula is C17H25NO4. The third-order valence-electron chi connectivity index (χ3n) is 5.12. The number of ketones is 1. The molecule has 2 aliphatic rings. The molecule has 0 radical (unpaired) electrons. The molecular weight excluding hydrogens is 282 g/mol. The molecule has 2 N–H and O–H groups in total. The van der Waals surface area contributed by atoms with Crippen molar-refractivity contribution in [3.63, 3.8) is 0 Å². The van der Waals surface area contributed by atoms with Gasteiger partial charge < -0.3 is 10.4 Å². The smallest absolute Gasteiger partial charge is 0.326 e. The molecule has 0 aromatic heterocycles. The van der Waals surface area contributed by atoms with Gasteiger partial charge in [-0.3, -0.25) is 9.59 Å². The van der Waals surface area contributed by atoms with Crippen LogP contribution in [0, 0.1) is 23.7 Å². The van der Waals surface area contributed by atoms with E-state index >= 15 is 0 Å². The van der Waals surface area contributed by atoms with Gasteiger partial charge in [0.25, 0.3) is 0 Å². The molecule has 0 aliphatic heterocycles. The number of carbonyl (C=O) groups excluding carboxylic acids is 2. The second-order valence-electron chi connectivity index (χ2n) is 6.73. The Hall–Kier alpha value is -1.65. The maximum Gasteiger partial charge on any atom is 0.326 e. The molecule has 1 fully saturated rings. The number of aliphatic carboxylic acids is 1. The molecule has 0 aromatic rings. The molecule has 1 saturated carbocycles. The third-order valence-corrected chi connectivity index (χ3v) is 5.12. The number of hydrogen-bond acceptors (Lipinski definition) is 3. The standard InChI is InChI=1S/C17H25NO4/c1-4-10(3)15(17(21)22)18-16(20)13-8-9(2)7-12-11(13)5-6-14(12)19/h8-12,15H,4-7H2,1-3H3,(H,18,20)(H,21,22). The second-order valence-corrected chi connectivity index (χ2v) is 6.73. The molecule has 0 spiro atoms. The van der Waals surface area contributed by atoms with E-state index in [1.165, 1.54) is 0 Å². The van der Waals surface area contributed by atoms with Crippen molar-refractivity contribution < 1.29 is 19.5 Å². The summed E-state index contributed by atoms with van der Waals surface area (Å²) in [6.07, 6.45) is 4.63. The largest absolute Gasteiger partial charge is 0.480 e. The van der Waals surface area contributed by atoms with E-state index in [4.69, 9.17) is 0 Å². The van der Waals surface area contributed by atoms with E-state index in [1.807, 2.05) is 26.8 Å². The first-order valence-electron chi connectivity index (χ1n) is 8.13. The maximum atomic E-state index is 12.6. The summed E-state index contributed by atoms with van der Waals surface area (Å²) in [5, 5.41) is 12.0. The highest BCUT2D eigenvalue weighted by Crippen LogP contribution is 2.42. The Kier molecular flexibility index (Phi) is 5.04. The van der Waals surface area contributed by atoms with Gasteiger partial charge in [-0.05, 0) is 30.6 Å². The third kappa shape index (κ3) is 3.23. The lowest BCUT2D eigenvalue weighted by atomic mass is 9.76. The van der Waals surface area contributed by atoms with Crippen LogP contribution in [-0.4, -0.2) is 28.8 Å². The quantitative estimate of drug-likeness (QED) is 0.815. The molecule has 0 aromatic carbocycles. The first-order chi connectivity index (χ1) is 10.3. The zero-order valence-corrected chi connectivity index (χ0v) is 13.5. The average molecular weight is 307 g/mol. The van der Waals surface area contributed by atoms with Crippen LogP contribution in [0.5, 0.6) is 0 Å². The monoisotopic (exact) mass is 307 g/mol. The summed E-state index contributed by atoms with van der Waals surface area (Å²) >= 11 is 0. The summed E-state index contributed by atoms with van der Waals surface area (Å²) in [4.78, 5) is 35.9. The molecule has 2 rings (SSSR count). The first kappa shape index (κ1) is 16.7. The number of nitrogens with one attached hydrogen (secondary N) is 1. The molecule has 1 amide bonds. The van der Waals surface area contributed by atoms with Crippen LogP contribution in [0.25, 0.3) is 0 Å². The minimum Gasteiger partial charge on any atom is -0.480 e. The number of allylic oxidation sites excluding steroid dienone is 1. The minimum absolute atomic E-state index is 0.0323. The molecule has 122 valence electrons. The number of rotatable bonds is 5. The molecule has 2 aliphatic carbocycles. The van der Waals surface area contributed by atoms with E-state index < -0.39 is 12.0 Å². The predicted molar refractivity (Wildman–Crippen MR) is 82.1 cm³/mol. The summed E-state index contributed by atoms with van der Waals surface area (Å²) in [6, 6.07) is -0.883. The summed E-state index contributed by atoms with van der Waals surface area (Å²) in [7, 11) is 0. The molecule has 0 heterocycles. The van der Waals surface area contributed by atoms with Gasteiger partial charge in [0.05, 0.1) is 0 Å². The lowest BCUT2D eigenvalue weighted by molar-refractivity contribution is -0.143. The molecule has 22 heavy (non-hydrogen) atoms. The molecule has 0 saturated heterocycles. The fourth-order valence-electron chi connectivity index (χ4n) is 3.63. The molecule has 0 bridgehead atoms. The van der Waals surface area contributed by atoms with Crippen LogP contribution in [0.15, 0.2) is 11.6 Å². The van der Waals surface area contributed by atoms with Gasteiger partial charge >= 0.3 is 5.97 Å². The summed E-state index contributed by atoms with van der Waals surface area (Å²) in [5.41, 5.74) is 0.615. The van der Waals surface area contributed by atoms with Crippen LogP contribution in [0.2, 0.25) is 0 Å². The Morgan fingerprint density at radius 1 is 1.41 bits per heavy atom. The number of carbonyl (C=O) groups is 3. The van der Waals surface area contributed by atoms with Gasteiger partial charge in [-0.25, -0.2) is 4.79 Å². The van der Waals surface area contributed by atoms with Crippen molar-refractivity contribution in [2.45, 2.75) is 52.5 Å². The number of carboxylic acids is 1. The fourth-order valence-corrected chi connectivity index (χ4v) is 3.63. The highest BCUT2D eigenvalue weighted by atomic mass is 16.4. The Morgan fingerprint density at radius 2 is 2.09 bits per heavy atom. The van der Waals surface area contributed by atoms with Crippen molar-refractivity contribution in [3.8, 4) is 0 Å². The predicted octanol–water partition coefficient (Wildman–Crippen LogP) is 2.16. The van der Waals surface area contributed by atoms with Gasteiger partial charge in [0.15, 0.2) is 0 Å². The number of carboxylic acid groups (broad SMARTS) is 1. The zero-order valence-electron chi connectivity index (χ0n) is 13.5. The van der Waals surface area contributed by atoms with E-state index in [-0.39, 0.29) is 35.4 Å². The number of fused-ring (bicyclic) bond motifs is 1. The lowest BCUT2D eigenvalue weighted by Crippen LogP contribution is -2.47. The fraction of sp³-hybridized carbons (Fsp3) is 0.706. The van der Waals surface area contributed by atoms with Crippen LogP contribution in [-0.2, 0) is 14.4 Å². The molecule has 5 unspecified atom stereocenters. The minimum atomic E-state index is -1.01. The van der Waals surface area contributed by atoms with Gasteiger partial charge in [0.2, 0.25) is 5.91 Å². The Balaban J connectivity index is 2.17. The van der Waals surface area contributed by atoms with Crippen LogP contribution in [0.3, 0.4) is 0 Å². The van der Waals surface area contributed by atoms with Gasteiger partial charge in [-0.15, -0.1) is 0 Å². The van der Waals surface area contributed by atoms with Crippen molar-refractivity contribution in [3.05, 3.63) is 11.6 Å². The lowest BCUT2D eigenvalue weighted by Gasteiger charge is -2.30. The van der Waals surface area contributed by atoms with Gasteiger partial charge in [0.1, 0.15) is 11.8 Å². The average Bonchev–Trinajstić information content (AvgIpc) is 2.84. The SMILES string of the molecule is CCC(C)C(NC(=O)C1=CC(C)CC2C(=O)CCC12)C(=O)O.